The van der Waals surface area contributed by atoms with Crippen LogP contribution in [-0.2, 0) is 0 Å². The van der Waals surface area contributed by atoms with E-state index in [4.69, 9.17) is 0 Å². The third kappa shape index (κ3) is 12.8. The fraction of sp³-hybridized carbons (Fsp3) is 0.875. The molecule has 0 aromatic carbocycles. The molecule has 0 nitrogen and oxygen atoms in total. The molecule has 0 bridgehead atoms. The van der Waals surface area contributed by atoms with Gasteiger partial charge in [0.2, 0.25) is 0 Å². The van der Waals surface area contributed by atoms with Gasteiger partial charge in [-0.1, -0.05) is 52.4 Å². The van der Waals surface area contributed by atoms with Crippen LogP contribution in [0, 0.1) is 6.92 Å². The van der Waals surface area contributed by atoms with E-state index in [2.05, 4.69) is 13.8 Å². The van der Waals surface area contributed by atoms with Gasteiger partial charge in [0.05, 0.1) is 0 Å². The van der Waals surface area contributed by atoms with Crippen molar-refractivity contribution in [1.82, 2.24) is 0 Å². The molecule has 9 heavy (non-hydrogen) atoms. The molecule has 0 saturated heterocycles. The van der Waals surface area contributed by atoms with Gasteiger partial charge in [0, 0.05) is 0 Å². The van der Waals surface area contributed by atoms with Crippen molar-refractivity contribution in [3.05, 3.63) is 6.92 Å². The van der Waals surface area contributed by atoms with Crippen LogP contribution in [0.1, 0.15) is 45.4 Å². The Morgan fingerprint density at radius 3 is 2.00 bits per heavy atom. The van der Waals surface area contributed by atoms with Crippen LogP contribution in [0.5, 0.6) is 0 Å². The minimum atomic E-state index is 0. The Balaban J connectivity index is 0. The first-order valence-corrected chi connectivity index (χ1v) is 3.71. The topological polar surface area (TPSA) is 0 Å². The van der Waals surface area contributed by atoms with Crippen molar-refractivity contribution < 1.29 is 0 Å². The Bertz CT molecular complexity index is 29.5. The van der Waals surface area contributed by atoms with E-state index in [0.717, 1.165) is 6.42 Å². The summed E-state index contributed by atoms with van der Waals surface area (Å²) in [5.74, 6) is 0. The van der Waals surface area contributed by atoms with Gasteiger partial charge >= 0.3 is 51.4 Å². The van der Waals surface area contributed by atoms with E-state index in [-0.39, 0.29) is 51.4 Å². The van der Waals surface area contributed by atoms with Gasteiger partial charge in [0.15, 0.2) is 0 Å². The van der Waals surface area contributed by atoms with E-state index < -0.39 is 0 Å². The first-order chi connectivity index (χ1) is 3.91. The Labute approximate surface area is 102 Å². The number of rotatable bonds is 5. The van der Waals surface area contributed by atoms with Crippen LogP contribution < -0.4 is 0 Å². The van der Waals surface area contributed by atoms with Gasteiger partial charge in [0.1, 0.15) is 0 Å². The number of unbranched alkanes of at least 4 members (excludes halogenated alkanes) is 5. The summed E-state index contributed by atoms with van der Waals surface area (Å²) in [5, 5.41) is 0. The fourth-order valence-corrected chi connectivity index (χ4v) is 0.780. The molecule has 0 heterocycles. The molecule has 1 radical (unpaired) electrons. The number of hydrogen-bond acceptors (Lipinski definition) is 0. The van der Waals surface area contributed by atoms with Gasteiger partial charge in [-0.2, -0.15) is 0 Å². The second-order valence-corrected chi connectivity index (χ2v) is 2.27. The van der Waals surface area contributed by atoms with Crippen LogP contribution in [0.4, 0.5) is 0 Å². The van der Waals surface area contributed by atoms with Gasteiger partial charge in [0.25, 0.3) is 0 Å². The van der Waals surface area contributed by atoms with Crippen molar-refractivity contribution in [3.8, 4) is 0 Å². The summed E-state index contributed by atoms with van der Waals surface area (Å²) in [6.07, 6.45) is 7.98. The first kappa shape index (κ1) is 13.2. The Hall–Kier alpha value is 1.64. The molecule has 51 valence electrons. The third-order valence-corrected chi connectivity index (χ3v) is 1.35. The van der Waals surface area contributed by atoms with Crippen molar-refractivity contribution >= 4 is 51.4 Å². The van der Waals surface area contributed by atoms with Crippen molar-refractivity contribution in [1.29, 1.82) is 0 Å². The Kier molecular flexibility index (Phi) is 18.1. The minimum absolute atomic E-state index is 0. The summed E-state index contributed by atoms with van der Waals surface area (Å²) in [6, 6.07) is 0. The number of hydrogen-bond donors (Lipinski definition) is 0. The van der Waals surface area contributed by atoms with Crippen molar-refractivity contribution in [2.75, 3.05) is 0 Å². The van der Waals surface area contributed by atoms with Gasteiger partial charge in [-0.05, 0) is 0 Å². The van der Waals surface area contributed by atoms with Gasteiger partial charge in [-0.3, -0.25) is 0 Å². The first-order valence-electron chi connectivity index (χ1n) is 3.71. The zero-order valence-corrected chi connectivity index (χ0v) is 5.95. The molecule has 0 saturated carbocycles. The SMILES string of the molecule is [CH2]CCCCCCC.[KH]. The van der Waals surface area contributed by atoms with Crippen LogP contribution in [0.3, 0.4) is 0 Å². The molecule has 0 unspecified atom stereocenters. The molecule has 0 aliphatic carbocycles. The molecule has 0 spiro atoms. The van der Waals surface area contributed by atoms with E-state index in [1.165, 1.54) is 32.1 Å². The van der Waals surface area contributed by atoms with Crippen molar-refractivity contribution in [2.45, 2.75) is 45.4 Å². The summed E-state index contributed by atoms with van der Waals surface area (Å²) in [4.78, 5) is 0. The van der Waals surface area contributed by atoms with E-state index in [0.29, 0.717) is 0 Å². The van der Waals surface area contributed by atoms with Gasteiger partial charge in [-0.25, -0.2) is 0 Å². The average Bonchev–Trinajstić information content (AvgIpc) is 1.81. The van der Waals surface area contributed by atoms with Crippen molar-refractivity contribution in [2.24, 2.45) is 0 Å². The molecular formula is C8H18K. The molecule has 0 N–H and O–H groups in total. The zero-order chi connectivity index (χ0) is 6.24. The van der Waals surface area contributed by atoms with E-state index in [1.807, 2.05) is 0 Å². The summed E-state index contributed by atoms with van der Waals surface area (Å²) >= 11 is 0. The monoisotopic (exact) mass is 153 g/mol. The molecule has 0 fully saturated rings. The maximum atomic E-state index is 3.78. The quantitative estimate of drug-likeness (QED) is 0.420. The molecule has 0 atom stereocenters. The van der Waals surface area contributed by atoms with E-state index >= 15 is 0 Å². The predicted octanol–water partition coefficient (Wildman–Crippen LogP) is 2.53. The van der Waals surface area contributed by atoms with Crippen LogP contribution in [0.2, 0.25) is 0 Å². The van der Waals surface area contributed by atoms with Crippen LogP contribution in [-0.4, -0.2) is 51.4 Å². The summed E-state index contributed by atoms with van der Waals surface area (Å²) in [7, 11) is 0. The molecule has 0 aromatic heterocycles. The molecule has 0 aromatic rings. The Morgan fingerprint density at radius 2 is 1.56 bits per heavy atom. The maximum absolute atomic E-state index is 3.78. The van der Waals surface area contributed by atoms with E-state index in [1.54, 1.807) is 0 Å². The van der Waals surface area contributed by atoms with Gasteiger partial charge in [-0.15, -0.1) is 0 Å². The molecule has 0 amide bonds. The fourth-order valence-electron chi connectivity index (χ4n) is 0.780. The summed E-state index contributed by atoms with van der Waals surface area (Å²) < 4.78 is 0. The third-order valence-electron chi connectivity index (χ3n) is 1.35. The van der Waals surface area contributed by atoms with Gasteiger partial charge < -0.3 is 0 Å². The normalized spacial score (nSPS) is 8.67. The standard InChI is InChI=1S/C8H17.K.H/c1-3-5-7-8-6-4-2;;/h1,3-8H2,2H3;;. The molecule has 1 heteroatoms. The molecule has 0 rings (SSSR count). The molecular weight excluding hydrogens is 135 g/mol. The van der Waals surface area contributed by atoms with Crippen LogP contribution >= 0.6 is 0 Å². The van der Waals surface area contributed by atoms with Crippen LogP contribution in [0.15, 0.2) is 0 Å². The molecule has 0 aliphatic heterocycles. The predicted molar refractivity (Wildman–Crippen MR) is 45.9 cm³/mol. The van der Waals surface area contributed by atoms with E-state index in [9.17, 15) is 0 Å². The van der Waals surface area contributed by atoms with Crippen molar-refractivity contribution in [3.63, 3.8) is 0 Å². The second kappa shape index (κ2) is 12.3. The zero-order valence-electron chi connectivity index (χ0n) is 5.95. The van der Waals surface area contributed by atoms with Crippen LogP contribution in [0.25, 0.3) is 0 Å². The summed E-state index contributed by atoms with van der Waals surface area (Å²) in [5.41, 5.74) is 0. The molecule has 0 aliphatic rings. The second-order valence-electron chi connectivity index (χ2n) is 2.27. The Morgan fingerprint density at radius 1 is 1.00 bits per heavy atom. The summed E-state index contributed by atoms with van der Waals surface area (Å²) in [6.45, 7) is 6.02. The average molecular weight is 153 g/mol.